The van der Waals surface area contributed by atoms with Gasteiger partial charge in [-0.25, -0.2) is 9.37 Å². The molecule has 2 amide bonds. The highest BCUT2D eigenvalue weighted by Gasteiger charge is 2.28. The number of carbonyl (C=O) groups is 2. The Morgan fingerprint density at radius 1 is 1.09 bits per heavy atom. The Bertz CT molecular complexity index is 1140. The Kier molecular flexibility index (Phi) is 8.65. The van der Waals surface area contributed by atoms with Crippen molar-refractivity contribution in [2.45, 2.75) is 51.7 Å². The molecular formula is C26H31FN4O3. The van der Waals surface area contributed by atoms with Crippen LogP contribution in [-0.4, -0.2) is 39.0 Å². The first-order chi connectivity index (χ1) is 16.2. The van der Waals surface area contributed by atoms with Crippen LogP contribution in [0.4, 0.5) is 4.39 Å². The molecule has 4 N–H and O–H groups in total. The molecule has 0 saturated carbocycles. The molecule has 3 atom stereocenters. The number of para-hydroxylation sites is 2. The van der Waals surface area contributed by atoms with Crippen molar-refractivity contribution in [3.8, 4) is 0 Å². The van der Waals surface area contributed by atoms with Gasteiger partial charge >= 0.3 is 0 Å². The number of hydrogen-bond donors (Lipinski definition) is 3. The van der Waals surface area contributed by atoms with Crippen molar-refractivity contribution in [2.75, 3.05) is 0 Å². The minimum atomic E-state index is -1.08. The normalized spacial score (nSPS) is 14.0. The Balaban J connectivity index is 1.81. The molecule has 34 heavy (non-hydrogen) atoms. The molecule has 2 aromatic carbocycles. The number of nitrogens with zero attached hydrogens (tertiary/aromatic N) is 2. The number of halogens is 1. The second-order valence-corrected chi connectivity index (χ2v) is 9.03. The van der Waals surface area contributed by atoms with Gasteiger partial charge in [-0.3, -0.25) is 14.6 Å². The van der Waals surface area contributed by atoms with Gasteiger partial charge in [-0.1, -0.05) is 44.5 Å². The van der Waals surface area contributed by atoms with Gasteiger partial charge in [0.25, 0.3) is 5.91 Å². The minimum absolute atomic E-state index is 0.0890. The monoisotopic (exact) mass is 466 g/mol. The average molecular weight is 467 g/mol. The summed E-state index contributed by atoms with van der Waals surface area (Å²) in [6.45, 7) is 4.10. The summed E-state index contributed by atoms with van der Waals surface area (Å²) in [5.74, 6) is -1.57. The molecule has 3 aromatic rings. The number of amides is 2. The van der Waals surface area contributed by atoms with E-state index in [0.29, 0.717) is 28.9 Å². The molecular weight excluding hydrogens is 435 g/mol. The molecule has 8 heteroatoms. The van der Waals surface area contributed by atoms with Gasteiger partial charge in [0.1, 0.15) is 11.5 Å². The summed E-state index contributed by atoms with van der Waals surface area (Å²) < 4.78 is 13.8. The topological polar surface area (TPSA) is 118 Å². The lowest BCUT2D eigenvalue weighted by Crippen LogP contribution is -2.46. The summed E-state index contributed by atoms with van der Waals surface area (Å²) in [5.41, 5.74) is 7.51. The van der Waals surface area contributed by atoms with Crippen molar-refractivity contribution in [1.29, 1.82) is 0 Å². The maximum atomic E-state index is 13.8. The average Bonchev–Trinajstić information content (AvgIpc) is 2.80. The fourth-order valence-electron chi connectivity index (χ4n) is 3.88. The lowest BCUT2D eigenvalue weighted by atomic mass is 9.88. The summed E-state index contributed by atoms with van der Waals surface area (Å²) in [7, 11) is 0. The number of nitrogens with two attached hydrogens (primary N) is 1. The van der Waals surface area contributed by atoms with Crippen molar-refractivity contribution < 1.29 is 19.1 Å². The number of rotatable bonds is 11. The van der Waals surface area contributed by atoms with Crippen LogP contribution in [0.1, 0.15) is 49.2 Å². The first-order valence-corrected chi connectivity index (χ1v) is 11.5. The van der Waals surface area contributed by atoms with Crippen LogP contribution in [0.5, 0.6) is 0 Å². The van der Waals surface area contributed by atoms with Crippen molar-refractivity contribution in [3.63, 3.8) is 0 Å². The fourth-order valence-corrected chi connectivity index (χ4v) is 3.88. The number of carbonyl (C=O) groups excluding carboxylic acids is 2. The molecule has 0 radical (unpaired) electrons. The third kappa shape index (κ3) is 7.05. The number of aromatic nitrogens is 2. The van der Waals surface area contributed by atoms with Gasteiger partial charge in [-0.05, 0) is 55.0 Å². The van der Waals surface area contributed by atoms with E-state index in [1.54, 1.807) is 30.3 Å². The molecule has 0 spiro atoms. The van der Waals surface area contributed by atoms with Gasteiger partial charge in [0, 0.05) is 5.92 Å². The number of fused-ring (bicyclic) bond motifs is 1. The largest absolute Gasteiger partial charge is 0.391 e. The Hall–Kier alpha value is -3.39. The van der Waals surface area contributed by atoms with Gasteiger partial charge < -0.3 is 16.2 Å². The SMILES string of the molecule is CC(C)CC[C@H](C[C@H](O)[C@H](Cc1cccc(F)c1)NC(=O)c1cnc2ccccc2n1)C(N)=O. The molecule has 0 fully saturated rings. The minimum Gasteiger partial charge on any atom is -0.391 e. The van der Waals surface area contributed by atoms with Crippen molar-refractivity contribution in [3.05, 3.63) is 71.8 Å². The molecule has 0 unspecified atom stereocenters. The lowest BCUT2D eigenvalue weighted by Gasteiger charge is -2.27. The third-order valence-corrected chi connectivity index (χ3v) is 5.83. The first kappa shape index (κ1) is 25.2. The second kappa shape index (κ2) is 11.7. The zero-order valence-electron chi connectivity index (χ0n) is 19.4. The van der Waals surface area contributed by atoms with Crippen LogP contribution in [0.25, 0.3) is 11.0 Å². The number of aliphatic hydroxyl groups is 1. The zero-order valence-corrected chi connectivity index (χ0v) is 19.4. The number of primary amides is 1. The van der Waals surface area contributed by atoms with Crippen molar-refractivity contribution in [2.24, 2.45) is 17.6 Å². The van der Waals surface area contributed by atoms with E-state index >= 15 is 0 Å². The maximum absolute atomic E-state index is 13.8. The molecule has 0 bridgehead atoms. The van der Waals surface area contributed by atoms with E-state index in [2.05, 4.69) is 15.3 Å². The third-order valence-electron chi connectivity index (χ3n) is 5.83. The maximum Gasteiger partial charge on any atom is 0.271 e. The fraction of sp³-hybridized carbons (Fsp3) is 0.385. The zero-order chi connectivity index (χ0) is 24.7. The highest BCUT2D eigenvalue weighted by Crippen LogP contribution is 2.20. The molecule has 0 aliphatic carbocycles. The first-order valence-electron chi connectivity index (χ1n) is 11.5. The van der Waals surface area contributed by atoms with Gasteiger partial charge in [0.15, 0.2) is 0 Å². The Labute approximate surface area is 198 Å². The summed E-state index contributed by atoms with van der Waals surface area (Å²) >= 11 is 0. The Morgan fingerprint density at radius 2 is 1.82 bits per heavy atom. The van der Waals surface area contributed by atoms with Crippen LogP contribution in [-0.2, 0) is 11.2 Å². The van der Waals surface area contributed by atoms with Crippen LogP contribution < -0.4 is 11.1 Å². The highest BCUT2D eigenvalue weighted by molar-refractivity contribution is 5.94. The van der Waals surface area contributed by atoms with E-state index in [4.69, 9.17) is 5.73 Å². The summed E-state index contributed by atoms with van der Waals surface area (Å²) in [6.07, 6.45) is 1.88. The van der Waals surface area contributed by atoms with Gasteiger partial charge in [-0.15, -0.1) is 0 Å². The molecule has 3 rings (SSSR count). The summed E-state index contributed by atoms with van der Waals surface area (Å²) in [4.78, 5) is 33.6. The van der Waals surface area contributed by atoms with Crippen LogP contribution in [0, 0.1) is 17.7 Å². The van der Waals surface area contributed by atoms with Crippen LogP contribution >= 0.6 is 0 Å². The molecule has 1 heterocycles. The van der Waals surface area contributed by atoms with Gasteiger partial charge in [0.05, 0.1) is 29.4 Å². The standard InChI is InChI=1S/C26H31FN4O3/c1-16(2)10-11-18(25(28)33)14-24(32)22(13-17-6-5-7-19(27)12-17)31-26(34)23-15-29-20-8-3-4-9-21(20)30-23/h3-9,12,15-16,18,22,24,32H,10-11,13-14H2,1-2H3,(H2,28,33)(H,31,34)/t18-,22+,24+/m1/s1. The molecule has 180 valence electrons. The number of benzene rings is 2. The van der Waals surface area contributed by atoms with E-state index in [1.807, 2.05) is 19.9 Å². The van der Waals surface area contributed by atoms with E-state index in [9.17, 15) is 19.1 Å². The second-order valence-electron chi connectivity index (χ2n) is 9.03. The smallest absolute Gasteiger partial charge is 0.271 e. The van der Waals surface area contributed by atoms with Crippen molar-refractivity contribution >= 4 is 22.8 Å². The predicted octanol–water partition coefficient (Wildman–Crippen LogP) is 3.40. The molecule has 1 aromatic heterocycles. The number of nitrogens with one attached hydrogen (secondary N) is 1. The molecule has 0 saturated heterocycles. The van der Waals surface area contributed by atoms with E-state index in [0.717, 1.165) is 6.42 Å². The molecule has 0 aliphatic rings. The van der Waals surface area contributed by atoms with Gasteiger partial charge in [0.2, 0.25) is 5.91 Å². The highest BCUT2D eigenvalue weighted by atomic mass is 19.1. The predicted molar refractivity (Wildman–Crippen MR) is 128 cm³/mol. The van der Waals surface area contributed by atoms with E-state index in [-0.39, 0.29) is 18.5 Å². The van der Waals surface area contributed by atoms with Crippen LogP contribution in [0.3, 0.4) is 0 Å². The molecule has 0 aliphatic heterocycles. The van der Waals surface area contributed by atoms with E-state index < -0.39 is 35.7 Å². The quantitative estimate of drug-likeness (QED) is 0.400. The van der Waals surface area contributed by atoms with E-state index in [1.165, 1.54) is 18.3 Å². The number of hydrogen-bond acceptors (Lipinski definition) is 5. The Morgan fingerprint density at radius 3 is 2.50 bits per heavy atom. The van der Waals surface area contributed by atoms with Crippen molar-refractivity contribution in [1.82, 2.24) is 15.3 Å². The summed E-state index contributed by atoms with van der Waals surface area (Å²) in [5, 5.41) is 13.8. The lowest BCUT2D eigenvalue weighted by molar-refractivity contribution is -0.123. The van der Waals surface area contributed by atoms with Crippen LogP contribution in [0.2, 0.25) is 0 Å². The summed E-state index contributed by atoms with van der Waals surface area (Å²) in [6, 6.07) is 12.4. The van der Waals surface area contributed by atoms with Gasteiger partial charge in [-0.2, -0.15) is 0 Å². The molecule has 7 nitrogen and oxygen atoms in total. The van der Waals surface area contributed by atoms with Crippen LogP contribution in [0.15, 0.2) is 54.7 Å². The number of aliphatic hydroxyl groups excluding tert-OH is 1.